The molecule has 0 unspecified atom stereocenters. The maximum absolute atomic E-state index is 13.4. The van der Waals surface area contributed by atoms with Crippen LogP contribution in [0, 0.1) is 5.82 Å². The Morgan fingerprint density at radius 3 is 2.52 bits per heavy atom. The first kappa shape index (κ1) is 15.7. The highest BCUT2D eigenvalue weighted by Gasteiger charge is 2.30. The van der Waals surface area contributed by atoms with Crippen molar-refractivity contribution in [3.8, 4) is 11.5 Å². The number of ether oxygens (including phenoxy) is 1. The number of hydrogen-bond acceptors (Lipinski definition) is 3. The van der Waals surface area contributed by atoms with Crippen LogP contribution in [0.25, 0.3) is 5.57 Å². The third kappa shape index (κ3) is 2.86. The standard InChI is InChI=1S/C20H18FNO3/c21-14-5-3-13(4-6-14)19-16-11-15(23)7-8-18(16)25-12-17(19)20(24)22-9-1-2-10-22/h3-8,11,23H,1-2,9-10,12H2. The van der Waals surface area contributed by atoms with Crippen molar-refractivity contribution in [1.29, 1.82) is 0 Å². The molecular formula is C20H18FNO3. The van der Waals surface area contributed by atoms with Crippen molar-refractivity contribution in [1.82, 2.24) is 4.90 Å². The lowest BCUT2D eigenvalue weighted by Crippen LogP contribution is -2.33. The van der Waals surface area contributed by atoms with Crippen LogP contribution in [0.15, 0.2) is 48.0 Å². The molecule has 2 aliphatic heterocycles. The molecule has 0 saturated carbocycles. The zero-order valence-corrected chi connectivity index (χ0v) is 13.7. The summed E-state index contributed by atoms with van der Waals surface area (Å²) in [6.07, 6.45) is 2.01. The molecule has 2 heterocycles. The fraction of sp³-hybridized carbons (Fsp3) is 0.250. The summed E-state index contributed by atoms with van der Waals surface area (Å²) in [7, 11) is 0. The molecule has 5 heteroatoms. The number of phenolic OH excluding ortho intramolecular Hbond substituents is 1. The van der Waals surface area contributed by atoms with Gasteiger partial charge in [-0.05, 0) is 48.7 Å². The Bertz CT molecular complexity index is 852. The van der Waals surface area contributed by atoms with E-state index in [2.05, 4.69) is 0 Å². The molecular weight excluding hydrogens is 321 g/mol. The Labute approximate surface area is 145 Å². The van der Waals surface area contributed by atoms with E-state index in [4.69, 9.17) is 4.74 Å². The number of fused-ring (bicyclic) bond motifs is 1. The fourth-order valence-electron chi connectivity index (χ4n) is 3.45. The topological polar surface area (TPSA) is 49.8 Å². The Morgan fingerprint density at radius 1 is 1.08 bits per heavy atom. The number of amides is 1. The number of carbonyl (C=O) groups is 1. The second kappa shape index (κ2) is 6.24. The zero-order chi connectivity index (χ0) is 17.4. The predicted octanol–water partition coefficient (Wildman–Crippen LogP) is 3.35. The number of hydrogen-bond donors (Lipinski definition) is 1. The second-order valence-electron chi connectivity index (χ2n) is 6.33. The summed E-state index contributed by atoms with van der Waals surface area (Å²) in [6, 6.07) is 10.9. The summed E-state index contributed by atoms with van der Waals surface area (Å²) in [6.45, 7) is 1.65. The van der Waals surface area contributed by atoms with Gasteiger partial charge in [0.1, 0.15) is 23.9 Å². The number of benzene rings is 2. The van der Waals surface area contributed by atoms with Crippen LogP contribution in [0.3, 0.4) is 0 Å². The summed E-state index contributed by atoms with van der Waals surface area (Å²) >= 11 is 0. The third-order valence-corrected chi connectivity index (χ3v) is 4.69. The molecule has 0 bridgehead atoms. The van der Waals surface area contributed by atoms with E-state index in [1.807, 2.05) is 4.90 Å². The molecule has 0 spiro atoms. The van der Waals surface area contributed by atoms with Crippen LogP contribution in [-0.4, -0.2) is 35.6 Å². The molecule has 0 radical (unpaired) electrons. The van der Waals surface area contributed by atoms with Crippen LogP contribution < -0.4 is 4.74 Å². The summed E-state index contributed by atoms with van der Waals surface area (Å²) in [4.78, 5) is 14.8. The van der Waals surface area contributed by atoms with Crippen LogP contribution in [0.2, 0.25) is 0 Å². The first-order valence-corrected chi connectivity index (χ1v) is 8.38. The molecule has 128 valence electrons. The van der Waals surface area contributed by atoms with Gasteiger partial charge in [-0.1, -0.05) is 12.1 Å². The molecule has 2 aromatic carbocycles. The lowest BCUT2D eigenvalue weighted by atomic mass is 9.90. The average Bonchev–Trinajstić information content (AvgIpc) is 3.15. The largest absolute Gasteiger partial charge is 0.508 e. The van der Waals surface area contributed by atoms with E-state index < -0.39 is 0 Å². The SMILES string of the molecule is O=C(C1=C(c2ccc(F)cc2)c2cc(O)ccc2OC1)N1CCCC1. The molecule has 0 aromatic heterocycles. The number of nitrogens with zero attached hydrogens (tertiary/aromatic N) is 1. The van der Waals surface area contributed by atoms with Gasteiger partial charge in [0.05, 0.1) is 5.57 Å². The van der Waals surface area contributed by atoms with Crippen LogP contribution in [0.1, 0.15) is 24.0 Å². The number of aromatic hydroxyl groups is 1. The minimum atomic E-state index is -0.333. The summed E-state index contributed by atoms with van der Waals surface area (Å²) in [5.74, 6) is 0.317. The molecule has 4 nitrogen and oxygen atoms in total. The number of phenols is 1. The summed E-state index contributed by atoms with van der Waals surface area (Å²) in [5.41, 5.74) is 2.64. The van der Waals surface area contributed by atoms with Crippen LogP contribution >= 0.6 is 0 Å². The van der Waals surface area contributed by atoms with E-state index in [9.17, 15) is 14.3 Å². The van der Waals surface area contributed by atoms with E-state index in [1.54, 1.807) is 30.3 Å². The Kier molecular flexibility index (Phi) is 3.92. The minimum absolute atomic E-state index is 0.0502. The molecule has 1 fully saturated rings. The predicted molar refractivity (Wildman–Crippen MR) is 91.8 cm³/mol. The highest BCUT2D eigenvalue weighted by Crippen LogP contribution is 2.40. The van der Waals surface area contributed by atoms with Gasteiger partial charge < -0.3 is 14.7 Å². The van der Waals surface area contributed by atoms with Crippen LogP contribution in [0.5, 0.6) is 11.5 Å². The normalized spacial score (nSPS) is 16.6. The van der Waals surface area contributed by atoms with E-state index >= 15 is 0 Å². The van der Waals surface area contributed by atoms with Gasteiger partial charge in [-0.15, -0.1) is 0 Å². The lowest BCUT2D eigenvalue weighted by Gasteiger charge is -2.26. The first-order valence-electron chi connectivity index (χ1n) is 8.38. The lowest BCUT2D eigenvalue weighted by molar-refractivity contribution is -0.126. The molecule has 0 atom stereocenters. The number of rotatable bonds is 2. The van der Waals surface area contributed by atoms with Gasteiger partial charge in [0, 0.05) is 24.2 Å². The third-order valence-electron chi connectivity index (χ3n) is 4.69. The molecule has 1 saturated heterocycles. The Balaban J connectivity index is 1.89. The van der Waals surface area contributed by atoms with E-state index in [-0.39, 0.29) is 24.1 Å². The molecule has 25 heavy (non-hydrogen) atoms. The van der Waals surface area contributed by atoms with Crippen molar-refractivity contribution in [3.63, 3.8) is 0 Å². The quantitative estimate of drug-likeness (QED) is 0.913. The highest BCUT2D eigenvalue weighted by atomic mass is 19.1. The van der Waals surface area contributed by atoms with Crippen molar-refractivity contribution in [2.45, 2.75) is 12.8 Å². The van der Waals surface area contributed by atoms with Gasteiger partial charge >= 0.3 is 0 Å². The second-order valence-corrected chi connectivity index (χ2v) is 6.33. The van der Waals surface area contributed by atoms with Gasteiger partial charge in [-0.3, -0.25) is 4.79 Å². The number of likely N-dealkylation sites (tertiary alicyclic amines) is 1. The molecule has 2 aliphatic rings. The maximum Gasteiger partial charge on any atom is 0.253 e. The molecule has 4 rings (SSSR count). The van der Waals surface area contributed by atoms with Gasteiger partial charge in [0.25, 0.3) is 5.91 Å². The smallest absolute Gasteiger partial charge is 0.253 e. The van der Waals surface area contributed by atoms with Crippen LogP contribution in [0.4, 0.5) is 4.39 Å². The average molecular weight is 339 g/mol. The number of carbonyl (C=O) groups excluding carboxylic acids is 1. The van der Waals surface area contributed by atoms with Crippen molar-refractivity contribution in [3.05, 3.63) is 65.0 Å². The van der Waals surface area contributed by atoms with Crippen molar-refractivity contribution in [2.75, 3.05) is 19.7 Å². The Hall–Kier alpha value is -2.82. The minimum Gasteiger partial charge on any atom is -0.508 e. The Morgan fingerprint density at radius 2 is 1.80 bits per heavy atom. The van der Waals surface area contributed by atoms with Gasteiger partial charge in [0.2, 0.25) is 0 Å². The molecule has 2 aromatic rings. The maximum atomic E-state index is 13.4. The highest BCUT2D eigenvalue weighted by molar-refractivity contribution is 6.06. The summed E-state index contributed by atoms with van der Waals surface area (Å²) < 4.78 is 19.1. The zero-order valence-electron chi connectivity index (χ0n) is 13.7. The summed E-state index contributed by atoms with van der Waals surface area (Å²) in [5, 5.41) is 9.90. The van der Waals surface area contributed by atoms with E-state index in [0.29, 0.717) is 22.5 Å². The van der Waals surface area contributed by atoms with E-state index in [0.717, 1.165) is 31.5 Å². The monoisotopic (exact) mass is 339 g/mol. The fourth-order valence-corrected chi connectivity index (χ4v) is 3.45. The van der Waals surface area contributed by atoms with Crippen LogP contribution in [-0.2, 0) is 4.79 Å². The molecule has 1 amide bonds. The van der Waals surface area contributed by atoms with Crippen molar-refractivity contribution >= 4 is 11.5 Å². The van der Waals surface area contributed by atoms with Gasteiger partial charge in [0.15, 0.2) is 0 Å². The molecule has 0 aliphatic carbocycles. The first-order chi connectivity index (χ1) is 12.1. The van der Waals surface area contributed by atoms with E-state index in [1.165, 1.54) is 12.1 Å². The molecule has 1 N–H and O–H groups in total. The van der Waals surface area contributed by atoms with Gasteiger partial charge in [-0.2, -0.15) is 0 Å². The number of halogens is 1. The van der Waals surface area contributed by atoms with Gasteiger partial charge in [-0.25, -0.2) is 4.39 Å². The van der Waals surface area contributed by atoms with Crippen molar-refractivity contribution in [2.24, 2.45) is 0 Å². The van der Waals surface area contributed by atoms with Crippen molar-refractivity contribution < 1.29 is 19.0 Å².